The van der Waals surface area contributed by atoms with Gasteiger partial charge >= 0.3 is 0 Å². The predicted molar refractivity (Wildman–Crippen MR) is 77.3 cm³/mol. The van der Waals surface area contributed by atoms with Crippen molar-refractivity contribution in [3.8, 4) is 0 Å². The average molecular weight is 274 g/mol. The molecule has 2 heterocycles. The summed E-state index contributed by atoms with van der Waals surface area (Å²) < 4.78 is 3.99. The van der Waals surface area contributed by atoms with Crippen molar-refractivity contribution in [2.75, 3.05) is 5.73 Å². The van der Waals surface area contributed by atoms with Crippen LogP contribution in [0.5, 0.6) is 0 Å². The second-order valence-electron chi connectivity index (χ2n) is 5.55. The Morgan fingerprint density at radius 2 is 2.15 bits per heavy atom. The topological polar surface area (TPSA) is 74.5 Å². The van der Waals surface area contributed by atoms with Crippen molar-refractivity contribution in [2.45, 2.75) is 58.0 Å². The van der Waals surface area contributed by atoms with Gasteiger partial charge in [-0.3, -0.25) is 4.68 Å². The van der Waals surface area contributed by atoms with Gasteiger partial charge in [0.1, 0.15) is 0 Å². The molecule has 3 rings (SSSR count). The Labute approximate surface area is 119 Å². The van der Waals surface area contributed by atoms with Crippen LogP contribution in [0, 0.1) is 0 Å². The van der Waals surface area contributed by atoms with Gasteiger partial charge in [-0.05, 0) is 25.3 Å². The first kappa shape index (κ1) is 13.1. The molecule has 0 spiro atoms. The molecule has 2 aromatic heterocycles. The van der Waals surface area contributed by atoms with Crippen LogP contribution < -0.4 is 5.73 Å². The Kier molecular flexibility index (Phi) is 3.71. The van der Waals surface area contributed by atoms with E-state index in [0.717, 1.165) is 24.2 Å². The van der Waals surface area contributed by atoms with E-state index in [2.05, 4.69) is 39.3 Å². The van der Waals surface area contributed by atoms with Gasteiger partial charge in [0.2, 0.25) is 0 Å². The number of nitrogen functional groups attached to an aromatic ring is 1. The van der Waals surface area contributed by atoms with Gasteiger partial charge in [0.25, 0.3) is 0 Å². The molecule has 0 bridgehead atoms. The van der Waals surface area contributed by atoms with E-state index in [4.69, 9.17) is 5.73 Å². The molecule has 1 aliphatic rings. The molecule has 2 N–H and O–H groups in total. The summed E-state index contributed by atoms with van der Waals surface area (Å²) in [6, 6.07) is 2.66. The summed E-state index contributed by atoms with van der Waals surface area (Å²) in [5.74, 6) is 0.544. The first-order chi connectivity index (χ1) is 9.78. The molecule has 0 radical (unpaired) electrons. The van der Waals surface area contributed by atoms with Crippen LogP contribution in [0.15, 0.2) is 12.3 Å². The molecule has 20 heavy (non-hydrogen) atoms. The standard InChI is InChI=1S/C14H22N6/c1-2-5-13-14(15)16-18-20(13)10-11-8-9-19(17-11)12-6-3-4-7-12/h8-9,12H,2-7,10,15H2,1H3. The van der Waals surface area contributed by atoms with Gasteiger partial charge in [0.15, 0.2) is 5.82 Å². The zero-order valence-corrected chi connectivity index (χ0v) is 12.0. The summed E-state index contributed by atoms with van der Waals surface area (Å²) >= 11 is 0. The van der Waals surface area contributed by atoms with Crippen molar-refractivity contribution in [1.29, 1.82) is 0 Å². The highest BCUT2D eigenvalue weighted by Gasteiger charge is 2.18. The SMILES string of the molecule is CCCc1c(N)nnn1Cc1ccn(C2CCCC2)n1. The number of hydrogen-bond acceptors (Lipinski definition) is 4. The number of anilines is 1. The highest BCUT2D eigenvalue weighted by atomic mass is 15.4. The van der Waals surface area contributed by atoms with Gasteiger partial charge in [0.05, 0.1) is 24.0 Å². The van der Waals surface area contributed by atoms with Gasteiger partial charge in [-0.2, -0.15) is 5.10 Å². The van der Waals surface area contributed by atoms with E-state index < -0.39 is 0 Å². The summed E-state index contributed by atoms with van der Waals surface area (Å²) in [6.07, 6.45) is 9.17. The summed E-state index contributed by atoms with van der Waals surface area (Å²) in [6.45, 7) is 2.78. The molecule has 0 aromatic carbocycles. The molecule has 0 aliphatic heterocycles. The minimum atomic E-state index is 0.544. The maximum absolute atomic E-state index is 5.87. The van der Waals surface area contributed by atoms with E-state index in [9.17, 15) is 0 Å². The van der Waals surface area contributed by atoms with Gasteiger partial charge in [0, 0.05) is 6.20 Å². The zero-order chi connectivity index (χ0) is 13.9. The fourth-order valence-electron chi connectivity index (χ4n) is 2.95. The lowest BCUT2D eigenvalue weighted by Crippen LogP contribution is -2.10. The fraction of sp³-hybridized carbons (Fsp3) is 0.643. The maximum atomic E-state index is 5.87. The maximum Gasteiger partial charge on any atom is 0.169 e. The molecular formula is C14H22N6. The second-order valence-corrected chi connectivity index (χ2v) is 5.55. The summed E-state index contributed by atoms with van der Waals surface area (Å²) in [5, 5.41) is 12.8. The first-order valence-corrected chi connectivity index (χ1v) is 7.49. The fourth-order valence-corrected chi connectivity index (χ4v) is 2.95. The zero-order valence-electron chi connectivity index (χ0n) is 12.0. The first-order valence-electron chi connectivity index (χ1n) is 7.49. The van der Waals surface area contributed by atoms with Crippen molar-refractivity contribution >= 4 is 5.82 Å². The Hall–Kier alpha value is -1.85. The average Bonchev–Trinajstić information content (AvgIpc) is 3.15. The minimum Gasteiger partial charge on any atom is -0.381 e. The summed E-state index contributed by atoms with van der Waals surface area (Å²) in [7, 11) is 0. The van der Waals surface area contributed by atoms with E-state index in [1.165, 1.54) is 25.7 Å². The number of nitrogens with two attached hydrogens (primary N) is 1. The van der Waals surface area contributed by atoms with Crippen molar-refractivity contribution in [3.63, 3.8) is 0 Å². The molecule has 6 heteroatoms. The van der Waals surface area contributed by atoms with Crippen molar-refractivity contribution in [3.05, 3.63) is 23.7 Å². The normalized spacial score (nSPS) is 16.1. The van der Waals surface area contributed by atoms with Gasteiger partial charge in [-0.25, -0.2) is 4.68 Å². The lowest BCUT2D eigenvalue weighted by Gasteiger charge is -2.09. The largest absolute Gasteiger partial charge is 0.381 e. The lowest BCUT2D eigenvalue weighted by atomic mass is 10.2. The third kappa shape index (κ3) is 2.55. The second kappa shape index (κ2) is 5.64. The molecule has 0 amide bonds. The Bertz CT molecular complexity index is 564. The Balaban J connectivity index is 1.74. The van der Waals surface area contributed by atoms with Crippen LogP contribution in [-0.4, -0.2) is 24.8 Å². The molecule has 108 valence electrons. The highest BCUT2D eigenvalue weighted by molar-refractivity contribution is 5.33. The van der Waals surface area contributed by atoms with E-state index in [1.54, 1.807) is 0 Å². The van der Waals surface area contributed by atoms with E-state index >= 15 is 0 Å². The van der Waals surface area contributed by atoms with Gasteiger partial charge in [-0.15, -0.1) is 5.10 Å². The molecule has 6 nitrogen and oxygen atoms in total. The predicted octanol–water partition coefficient (Wildman–Crippen LogP) is 2.17. The lowest BCUT2D eigenvalue weighted by molar-refractivity contribution is 0.459. The highest BCUT2D eigenvalue weighted by Crippen LogP contribution is 2.28. The van der Waals surface area contributed by atoms with Crippen LogP contribution >= 0.6 is 0 Å². The molecule has 1 aliphatic carbocycles. The van der Waals surface area contributed by atoms with Gasteiger partial charge in [-0.1, -0.05) is 31.4 Å². The number of hydrogen-bond donors (Lipinski definition) is 1. The van der Waals surface area contributed by atoms with Crippen LogP contribution in [0.4, 0.5) is 5.82 Å². The van der Waals surface area contributed by atoms with Crippen LogP contribution in [0.25, 0.3) is 0 Å². The Morgan fingerprint density at radius 3 is 2.90 bits per heavy atom. The number of aromatic nitrogens is 5. The van der Waals surface area contributed by atoms with Crippen LogP contribution in [0.1, 0.15) is 56.5 Å². The molecular weight excluding hydrogens is 252 g/mol. The van der Waals surface area contributed by atoms with E-state index in [-0.39, 0.29) is 0 Å². The van der Waals surface area contributed by atoms with E-state index in [0.29, 0.717) is 18.4 Å². The van der Waals surface area contributed by atoms with Crippen LogP contribution in [-0.2, 0) is 13.0 Å². The number of nitrogens with zero attached hydrogens (tertiary/aromatic N) is 5. The Morgan fingerprint density at radius 1 is 1.35 bits per heavy atom. The minimum absolute atomic E-state index is 0.544. The summed E-state index contributed by atoms with van der Waals surface area (Å²) in [4.78, 5) is 0. The van der Waals surface area contributed by atoms with Crippen LogP contribution in [0.3, 0.4) is 0 Å². The number of rotatable bonds is 5. The van der Waals surface area contributed by atoms with Crippen molar-refractivity contribution < 1.29 is 0 Å². The van der Waals surface area contributed by atoms with E-state index in [1.807, 2.05) is 4.68 Å². The van der Waals surface area contributed by atoms with Crippen LogP contribution in [0.2, 0.25) is 0 Å². The molecule has 2 aromatic rings. The van der Waals surface area contributed by atoms with Gasteiger partial charge < -0.3 is 5.73 Å². The molecule has 0 atom stereocenters. The monoisotopic (exact) mass is 274 g/mol. The third-order valence-corrected chi connectivity index (χ3v) is 4.03. The van der Waals surface area contributed by atoms with Crippen molar-refractivity contribution in [2.24, 2.45) is 0 Å². The third-order valence-electron chi connectivity index (χ3n) is 4.03. The molecule has 1 fully saturated rings. The molecule has 0 unspecified atom stereocenters. The quantitative estimate of drug-likeness (QED) is 0.906. The molecule has 0 saturated heterocycles. The summed E-state index contributed by atoms with van der Waals surface area (Å²) in [5.41, 5.74) is 7.91. The van der Waals surface area contributed by atoms with Crippen molar-refractivity contribution in [1.82, 2.24) is 24.8 Å². The molecule has 1 saturated carbocycles. The smallest absolute Gasteiger partial charge is 0.169 e.